The molecule has 1 aromatic heterocycles. The zero-order valence-corrected chi connectivity index (χ0v) is 9.32. The van der Waals surface area contributed by atoms with Crippen LogP contribution in [0.2, 0.25) is 0 Å². The third-order valence-electron chi connectivity index (χ3n) is 3.55. The van der Waals surface area contributed by atoms with Crippen LogP contribution in [0, 0.1) is 5.92 Å². The van der Waals surface area contributed by atoms with E-state index in [1.807, 2.05) is 31.3 Å². The second kappa shape index (κ2) is 4.31. The van der Waals surface area contributed by atoms with Gasteiger partial charge in [-0.15, -0.1) is 0 Å². The van der Waals surface area contributed by atoms with Gasteiger partial charge in [0.1, 0.15) is 0 Å². The Kier molecular flexibility index (Phi) is 3.06. The lowest BCUT2D eigenvalue weighted by molar-refractivity contribution is -0.0317. The fourth-order valence-corrected chi connectivity index (χ4v) is 2.48. The second-order valence-electron chi connectivity index (χ2n) is 4.83. The summed E-state index contributed by atoms with van der Waals surface area (Å²) in [4.78, 5) is 4.33. The Morgan fingerprint density at radius 2 is 2.33 bits per heavy atom. The lowest BCUT2D eigenvalue weighted by Crippen LogP contribution is -2.38. The summed E-state index contributed by atoms with van der Waals surface area (Å²) in [5.41, 5.74) is 0.611. The SMILES string of the molecule is C[C@@]1(O)CCCC[C@@H]1Cc1ccccn1. The van der Waals surface area contributed by atoms with Crippen molar-refractivity contribution in [1.29, 1.82) is 0 Å². The van der Waals surface area contributed by atoms with Crippen LogP contribution < -0.4 is 0 Å². The van der Waals surface area contributed by atoms with Crippen LogP contribution in [-0.2, 0) is 6.42 Å². The van der Waals surface area contributed by atoms with Gasteiger partial charge >= 0.3 is 0 Å². The van der Waals surface area contributed by atoms with Crippen LogP contribution in [0.1, 0.15) is 38.3 Å². The highest BCUT2D eigenvalue weighted by Crippen LogP contribution is 2.35. The number of rotatable bonds is 2. The van der Waals surface area contributed by atoms with Crippen LogP contribution in [0.3, 0.4) is 0 Å². The fourth-order valence-electron chi connectivity index (χ4n) is 2.48. The maximum Gasteiger partial charge on any atom is 0.0651 e. The molecule has 1 N–H and O–H groups in total. The zero-order chi connectivity index (χ0) is 10.7. The van der Waals surface area contributed by atoms with E-state index in [1.54, 1.807) is 0 Å². The Labute approximate surface area is 91.4 Å². The maximum atomic E-state index is 10.3. The average molecular weight is 205 g/mol. The van der Waals surface area contributed by atoms with Crippen molar-refractivity contribution in [1.82, 2.24) is 4.98 Å². The van der Waals surface area contributed by atoms with Crippen molar-refractivity contribution in [2.75, 3.05) is 0 Å². The quantitative estimate of drug-likeness (QED) is 0.805. The molecular formula is C13H19NO. The molecule has 15 heavy (non-hydrogen) atoms. The van der Waals surface area contributed by atoms with Crippen molar-refractivity contribution < 1.29 is 5.11 Å². The van der Waals surface area contributed by atoms with Gasteiger partial charge in [0.15, 0.2) is 0 Å². The Morgan fingerprint density at radius 1 is 1.47 bits per heavy atom. The van der Waals surface area contributed by atoms with E-state index in [2.05, 4.69) is 4.98 Å². The molecule has 1 heterocycles. The van der Waals surface area contributed by atoms with Gasteiger partial charge in [0.05, 0.1) is 5.60 Å². The van der Waals surface area contributed by atoms with Crippen molar-refractivity contribution >= 4 is 0 Å². The number of hydrogen-bond acceptors (Lipinski definition) is 2. The number of aliphatic hydroxyl groups is 1. The number of hydrogen-bond donors (Lipinski definition) is 1. The fraction of sp³-hybridized carbons (Fsp3) is 0.615. The normalized spacial score (nSPS) is 31.5. The van der Waals surface area contributed by atoms with E-state index >= 15 is 0 Å². The van der Waals surface area contributed by atoms with Gasteiger partial charge in [-0.05, 0) is 44.2 Å². The lowest BCUT2D eigenvalue weighted by Gasteiger charge is -2.37. The van der Waals surface area contributed by atoms with E-state index < -0.39 is 5.60 Å². The molecule has 2 atom stereocenters. The highest BCUT2D eigenvalue weighted by atomic mass is 16.3. The van der Waals surface area contributed by atoms with E-state index in [0.29, 0.717) is 5.92 Å². The summed E-state index contributed by atoms with van der Waals surface area (Å²) >= 11 is 0. The summed E-state index contributed by atoms with van der Waals surface area (Å²) in [7, 11) is 0. The number of aromatic nitrogens is 1. The minimum absolute atomic E-state index is 0.376. The lowest BCUT2D eigenvalue weighted by atomic mass is 9.74. The first kappa shape index (κ1) is 10.6. The number of nitrogens with zero attached hydrogens (tertiary/aromatic N) is 1. The van der Waals surface area contributed by atoms with Gasteiger partial charge in [-0.3, -0.25) is 4.98 Å². The molecule has 2 heteroatoms. The molecule has 0 bridgehead atoms. The van der Waals surface area contributed by atoms with Crippen LogP contribution in [0.4, 0.5) is 0 Å². The molecule has 0 unspecified atom stereocenters. The highest BCUT2D eigenvalue weighted by Gasteiger charge is 2.34. The van der Waals surface area contributed by atoms with E-state index in [4.69, 9.17) is 0 Å². The third kappa shape index (κ3) is 2.57. The van der Waals surface area contributed by atoms with Crippen LogP contribution in [0.15, 0.2) is 24.4 Å². The molecule has 1 aliphatic rings. The highest BCUT2D eigenvalue weighted by molar-refractivity contribution is 5.06. The van der Waals surface area contributed by atoms with Crippen molar-refractivity contribution in [3.05, 3.63) is 30.1 Å². The Morgan fingerprint density at radius 3 is 3.00 bits per heavy atom. The molecule has 82 valence electrons. The molecular weight excluding hydrogens is 186 g/mol. The van der Waals surface area contributed by atoms with Crippen molar-refractivity contribution in [3.63, 3.8) is 0 Å². The zero-order valence-electron chi connectivity index (χ0n) is 9.32. The summed E-state index contributed by atoms with van der Waals surface area (Å²) in [5, 5.41) is 10.3. The maximum absolute atomic E-state index is 10.3. The first-order valence-corrected chi connectivity index (χ1v) is 5.81. The molecule has 0 spiro atoms. The van der Waals surface area contributed by atoms with Crippen molar-refractivity contribution in [2.45, 2.75) is 44.6 Å². The van der Waals surface area contributed by atoms with Crippen molar-refractivity contribution in [3.8, 4) is 0 Å². The minimum Gasteiger partial charge on any atom is -0.390 e. The summed E-state index contributed by atoms with van der Waals surface area (Å²) in [5.74, 6) is 0.376. The molecule has 1 aliphatic carbocycles. The van der Waals surface area contributed by atoms with Gasteiger partial charge in [0, 0.05) is 11.9 Å². The third-order valence-corrected chi connectivity index (χ3v) is 3.55. The van der Waals surface area contributed by atoms with E-state index in [-0.39, 0.29) is 0 Å². The molecule has 0 amide bonds. The molecule has 0 saturated heterocycles. The molecule has 1 fully saturated rings. The van der Waals surface area contributed by atoms with Crippen LogP contribution in [0.5, 0.6) is 0 Å². The minimum atomic E-state index is -0.490. The first-order chi connectivity index (χ1) is 7.18. The average Bonchev–Trinajstić information content (AvgIpc) is 2.23. The smallest absolute Gasteiger partial charge is 0.0651 e. The van der Waals surface area contributed by atoms with Crippen LogP contribution in [0.25, 0.3) is 0 Å². The first-order valence-electron chi connectivity index (χ1n) is 5.81. The summed E-state index contributed by atoms with van der Waals surface area (Å²) in [6, 6.07) is 5.99. The largest absolute Gasteiger partial charge is 0.390 e. The van der Waals surface area contributed by atoms with Crippen LogP contribution >= 0.6 is 0 Å². The predicted octanol–water partition coefficient (Wildman–Crippen LogP) is 2.57. The monoisotopic (exact) mass is 205 g/mol. The number of pyridine rings is 1. The molecule has 1 aromatic rings. The Bertz CT molecular complexity index is 308. The summed E-state index contributed by atoms with van der Waals surface area (Å²) in [6.07, 6.45) is 7.20. The summed E-state index contributed by atoms with van der Waals surface area (Å²) < 4.78 is 0. The van der Waals surface area contributed by atoms with Crippen LogP contribution in [-0.4, -0.2) is 15.7 Å². The molecule has 0 aromatic carbocycles. The van der Waals surface area contributed by atoms with Gasteiger partial charge in [0.25, 0.3) is 0 Å². The predicted molar refractivity (Wildman–Crippen MR) is 60.5 cm³/mol. The molecule has 2 rings (SSSR count). The topological polar surface area (TPSA) is 33.1 Å². The van der Waals surface area contributed by atoms with E-state index in [0.717, 1.165) is 31.4 Å². The molecule has 0 aliphatic heterocycles. The van der Waals surface area contributed by atoms with Gasteiger partial charge in [0.2, 0.25) is 0 Å². The van der Waals surface area contributed by atoms with E-state index in [1.165, 1.54) is 6.42 Å². The van der Waals surface area contributed by atoms with E-state index in [9.17, 15) is 5.11 Å². The molecule has 0 radical (unpaired) electrons. The molecule has 1 saturated carbocycles. The standard InChI is InChI=1S/C13H19NO/c1-13(15)8-4-2-6-11(13)10-12-7-3-5-9-14-12/h3,5,7,9,11,15H,2,4,6,8,10H2,1H3/t11-,13-/m1/s1. The summed E-state index contributed by atoms with van der Waals surface area (Å²) in [6.45, 7) is 1.97. The Hall–Kier alpha value is -0.890. The molecule has 2 nitrogen and oxygen atoms in total. The van der Waals surface area contributed by atoms with Gasteiger partial charge < -0.3 is 5.11 Å². The van der Waals surface area contributed by atoms with Crippen molar-refractivity contribution in [2.24, 2.45) is 5.92 Å². The van der Waals surface area contributed by atoms with Gasteiger partial charge in [-0.2, -0.15) is 0 Å². The van der Waals surface area contributed by atoms with Gasteiger partial charge in [-0.1, -0.05) is 18.9 Å². The van der Waals surface area contributed by atoms with Gasteiger partial charge in [-0.25, -0.2) is 0 Å². The second-order valence-corrected chi connectivity index (χ2v) is 4.83. The Balaban J connectivity index is 2.05.